The van der Waals surface area contributed by atoms with E-state index < -0.39 is 6.09 Å². The number of aromatic nitrogens is 2. The van der Waals surface area contributed by atoms with Gasteiger partial charge >= 0.3 is 6.09 Å². The number of carbonyl (C=O) groups is 2. The number of nitrogens with zero attached hydrogens (tertiary/aromatic N) is 5. The third kappa shape index (κ3) is 5.23. The molecular weight excluding hydrogens is 430 g/mol. The van der Waals surface area contributed by atoms with E-state index in [4.69, 9.17) is 0 Å². The van der Waals surface area contributed by atoms with Crippen LogP contribution in [-0.2, 0) is 6.54 Å². The summed E-state index contributed by atoms with van der Waals surface area (Å²) in [6.07, 6.45) is 2.61. The molecule has 3 heterocycles. The van der Waals surface area contributed by atoms with E-state index in [1.807, 2.05) is 56.3 Å². The molecule has 0 saturated carbocycles. The van der Waals surface area contributed by atoms with Crippen molar-refractivity contribution in [3.05, 3.63) is 77.9 Å². The minimum absolute atomic E-state index is 0.0317. The highest BCUT2D eigenvalue weighted by molar-refractivity contribution is 6.04. The molecule has 1 N–H and O–H groups in total. The number of piperazine rings is 1. The number of pyridine rings is 2. The lowest BCUT2D eigenvalue weighted by atomic mass is 10.1. The number of amides is 2. The number of hydrogen-bond acceptors (Lipinski definition) is 5. The molecule has 1 aliphatic rings. The molecule has 8 nitrogen and oxygen atoms in total. The predicted molar refractivity (Wildman–Crippen MR) is 131 cm³/mol. The van der Waals surface area contributed by atoms with Crippen LogP contribution in [0.3, 0.4) is 0 Å². The Bertz CT molecular complexity index is 1160. The van der Waals surface area contributed by atoms with Gasteiger partial charge in [-0.15, -0.1) is 0 Å². The molecule has 1 unspecified atom stereocenters. The van der Waals surface area contributed by atoms with Gasteiger partial charge in [0.25, 0.3) is 5.91 Å². The zero-order valence-corrected chi connectivity index (χ0v) is 19.7. The Labute approximate surface area is 199 Å². The summed E-state index contributed by atoms with van der Waals surface area (Å²) in [6, 6.07) is 15.4. The van der Waals surface area contributed by atoms with Crippen molar-refractivity contribution in [2.24, 2.45) is 0 Å². The fraction of sp³-hybridized carbons (Fsp3) is 0.308. The number of carboxylic acid groups (broad SMARTS) is 1. The second-order valence-electron chi connectivity index (χ2n) is 8.71. The van der Waals surface area contributed by atoms with Crippen molar-refractivity contribution in [1.29, 1.82) is 0 Å². The van der Waals surface area contributed by atoms with Gasteiger partial charge in [-0.3, -0.25) is 19.7 Å². The smallest absolute Gasteiger partial charge is 0.407 e. The molecule has 1 aromatic carbocycles. The fourth-order valence-corrected chi connectivity index (χ4v) is 4.25. The quantitative estimate of drug-likeness (QED) is 0.622. The van der Waals surface area contributed by atoms with Crippen LogP contribution >= 0.6 is 0 Å². The summed E-state index contributed by atoms with van der Waals surface area (Å²) in [5, 5.41) is 9.24. The van der Waals surface area contributed by atoms with Crippen LogP contribution in [-0.4, -0.2) is 69.6 Å². The molecule has 1 atom stereocenters. The highest BCUT2D eigenvalue weighted by Crippen LogP contribution is 2.21. The third-order valence-corrected chi connectivity index (χ3v) is 6.20. The first-order chi connectivity index (χ1) is 16.3. The summed E-state index contributed by atoms with van der Waals surface area (Å²) in [4.78, 5) is 38.1. The molecule has 2 amide bonds. The Morgan fingerprint density at radius 2 is 1.82 bits per heavy atom. The molecule has 34 heavy (non-hydrogen) atoms. The molecule has 1 aliphatic heterocycles. The lowest BCUT2D eigenvalue weighted by molar-refractivity contribution is 0.0711. The number of aryl methyl sites for hydroxylation is 1. The number of anilines is 1. The van der Waals surface area contributed by atoms with E-state index in [0.717, 1.165) is 34.6 Å². The average molecular weight is 460 g/mol. The monoisotopic (exact) mass is 459 g/mol. The van der Waals surface area contributed by atoms with Gasteiger partial charge in [0, 0.05) is 68.6 Å². The van der Waals surface area contributed by atoms with Gasteiger partial charge in [0.05, 0.1) is 0 Å². The molecule has 0 spiro atoms. The van der Waals surface area contributed by atoms with E-state index in [1.54, 1.807) is 30.4 Å². The van der Waals surface area contributed by atoms with Crippen LogP contribution in [0.2, 0.25) is 0 Å². The lowest BCUT2D eigenvalue weighted by Crippen LogP contribution is -2.53. The number of hydrogen-bond donors (Lipinski definition) is 1. The maximum atomic E-state index is 13.0. The largest absolute Gasteiger partial charge is 0.465 e. The summed E-state index contributed by atoms with van der Waals surface area (Å²) >= 11 is 0. The van der Waals surface area contributed by atoms with Crippen LogP contribution in [0.5, 0.6) is 0 Å². The van der Waals surface area contributed by atoms with Gasteiger partial charge < -0.3 is 14.9 Å². The first kappa shape index (κ1) is 23.4. The van der Waals surface area contributed by atoms with Crippen molar-refractivity contribution in [1.82, 2.24) is 19.8 Å². The van der Waals surface area contributed by atoms with Gasteiger partial charge in [-0.1, -0.05) is 18.2 Å². The van der Waals surface area contributed by atoms with Crippen molar-refractivity contribution < 1.29 is 14.7 Å². The topological polar surface area (TPSA) is 89.9 Å². The minimum Gasteiger partial charge on any atom is -0.465 e. The molecule has 2 aromatic heterocycles. The normalized spacial score (nSPS) is 16.3. The first-order valence-corrected chi connectivity index (χ1v) is 11.3. The number of benzene rings is 1. The molecule has 4 rings (SSSR count). The molecule has 1 fully saturated rings. The second kappa shape index (κ2) is 10.0. The van der Waals surface area contributed by atoms with Gasteiger partial charge in [0.2, 0.25) is 0 Å². The van der Waals surface area contributed by atoms with Crippen LogP contribution in [0, 0.1) is 6.92 Å². The molecule has 1 saturated heterocycles. The Morgan fingerprint density at radius 3 is 2.44 bits per heavy atom. The number of rotatable bonds is 5. The van der Waals surface area contributed by atoms with Crippen LogP contribution in [0.4, 0.5) is 10.5 Å². The Kier molecular flexibility index (Phi) is 6.88. The Balaban J connectivity index is 1.38. The molecular formula is C26H29N5O3. The van der Waals surface area contributed by atoms with Crippen LogP contribution in [0.25, 0.3) is 11.1 Å². The molecule has 8 heteroatoms. The summed E-state index contributed by atoms with van der Waals surface area (Å²) in [5.41, 5.74) is 5.17. The van der Waals surface area contributed by atoms with Crippen LogP contribution < -0.4 is 4.90 Å². The predicted octanol–water partition coefficient (Wildman–Crippen LogP) is 3.91. The van der Waals surface area contributed by atoms with Gasteiger partial charge in [-0.25, -0.2) is 4.79 Å². The highest BCUT2D eigenvalue weighted by Gasteiger charge is 2.27. The molecule has 0 radical (unpaired) electrons. The van der Waals surface area contributed by atoms with E-state index in [2.05, 4.69) is 14.9 Å². The molecule has 0 aliphatic carbocycles. The zero-order valence-electron chi connectivity index (χ0n) is 19.7. The fourth-order valence-electron chi connectivity index (χ4n) is 4.25. The standard InChI is InChI=1S/C26H29N5O3/c1-18-14-21(10-11-27-18)22-6-9-24(28-15-22)25(32)29(3)23-7-4-20(5-8-23)17-30-12-13-31(26(33)34)19(2)16-30/h4-11,14-15,19H,12-13,16-17H2,1-3H3,(H,33,34). The van der Waals surface area contributed by atoms with Gasteiger partial charge in [-0.2, -0.15) is 0 Å². The van der Waals surface area contributed by atoms with Crippen molar-refractivity contribution in [3.8, 4) is 11.1 Å². The molecule has 0 bridgehead atoms. The maximum absolute atomic E-state index is 13.0. The van der Waals surface area contributed by atoms with E-state index >= 15 is 0 Å². The summed E-state index contributed by atoms with van der Waals surface area (Å²) in [7, 11) is 1.74. The minimum atomic E-state index is -0.860. The van der Waals surface area contributed by atoms with Crippen LogP contribution in [0.15, 0.2) is 60.9 Å². The Morgan fingerprint density at radius 1 is 1.06 bits per heavy atom. The molecule has 176 valence electrons. The SMILES string of the molecule is Cc1cc(-c2ccc(C(=O)N(C)c3ccc(CN4CCN(C(=O)O)C(C)C4)cc3)nc2)ccn1. The van der Waals surface area contributed by atoms with Crippen molar-refractivity contribution in [2.75, 3.05) is 31.6 Å². The summed E-state index contributed by atoms with van der Waals surface area (Å²) in [6.45, 7) is 6.54. The summed E-state index contributed by atoms with van der Waals surface area (Å²) in [5.74, 6) is -0.177. The van der Waals surface area contributed by atoms with Crippen molar-refractivity contribution >= 4 is 17.7 Å². The second-order valence-corrected chi connectivity index (χ2v) is 8.71. The first-order valence-electron chi connectivity index (χ1n) is 11.3. The third-order valence-electron chi connectivity index (χ3n) is 6.20. The molecule has 3 aromatic rings. The highest BCUT2D eigenvalue weighted by atomic mass is 16.4. The lowest BCUT2D eigenvalue weighted by Gasteiger charge is -2.38. The van der Waals surface area contributed by atoms with Gasteiger partial charge in [0.15, 0.2) is 0 Å². The van der Waals surface area contributed by atoms with E-state index in [-0.39, 0.29) is 11.9 Å². The average Bonchev–Trinajstić information content (AvgIpc) is 2.83. The maximum Gasteiger partial charge on any atom is 0.407 e. The van der Waals surface area contributed by atoms with Gasteiger partial charge in [-0.05, 0) is 55.3 Å². The number of carbonyl (C=O) groups excluding carboxylic acids is 1. The Hall–Kier alpha value is -3.78. The van der Waals surface area contributed by atoms with E-state index in [0.29, 0.717) is 25.3 Å². The van der Waals surface area contributed by atoms with Crippen LogP contribution in [0.1, 0.15) is 28.7 Å². The van der Waals surface area contributed by atoms with E-state index in [1.165, 1.54) is 4.90 Å². The van der Waals surface area contributed by atoms with Gasteiger partial charge in [0.1, 0.15) is 5.69 Å². The summed E-state index contributed by atoms with van der Waals surface area (Å²) < 4.78 is 0. The zero-order chi connectivity index (χ0) is 24.2. The van der Waals surface area contributed by atoms with Crippen molar-refractivity contribution in [3.63, 3.8) is 0 Å². The van der Waals surface area contributed by atoms with E-state index in [9.17, 15) is 14.7 Å². The van der Waals surface area contributed by atoms with Crippen molar-refractivity contribution in [2.45, 2.75) is 26.4 Å².